The second kappa shape index (κ2) is 16.1. The van der Waals surface area contributed by atoms with Crippen LogP contribution in [-0.4, -0.2) is 25.4 Å². The molecule has 0 amide bonds. The molecule has 0 heterocycles. The summed E-state index contributed by atoms with van der Waals surface area (Å²) in [4.78, 5) is 16.7. The van der Waals surface area contributed by atoms with Crippen LogP contribution in [0.2, 0.25) is 0 Å². The maximum absolute atomic E-state index is 12.1. The van der Waals surface area contributed by atoms with Crippen LogP contribution in [0.1, 0.15) is 94.5 Å². The number of ether oxygens (including phenoxy) is 2. The molecule has 0 radical (unpaired) electrons. The summed E-state index contributed by atoms with van der Waals surface area (Å²) < 4.78 is 11.4. The number of esters is 1. The summed E-state index contributed by atoms with van der Waals surface area (Å²) in [6.07, 6.45) is 13.1. The highest BCUT2D eigenvalue weighted by Crippen LogP contribution is 2.19. The van der Waals surface area contributed by atoms with E-state index < -0.39 is 0 Å². The number of aliphatic imine (C=N–C) groups is 1. The van der Waals surface area contributed by atoms with Gasteiger partial charge in [-0.1, -0.05) is 84.3 Å². The molecule has 0 saturated carbocycles. The first kappa shape index (κ1) is 26.6. The van der Waals surface area contributed by atoms with E-state index >= 15 is 0 Å². The minimum atomic E-state index is -0.287. The van der Waals surface area contributed by atoms with Crippen LogP contribution in [0.3, 0.4) is 0 Å². The average molecular weight is 452 g/mol. The summed E-state index contributed by atoms with van der Waals surface area (Å²) in [5.41, 5.74) is 2.28. The van der Waals surface area contributed by atoms with Gasteiger partial charge in [-0.05, 0) is 48.7 Å². The molecule has 180 valence electrons. The molecule has 0 N–H and O–H groups in total. The fourth-order valence-electron chi connectivity index (χ4n) is 3.38. The molecule has 4 heteroatoms. The van der Waals surface area contributed by atoms with Crippen molar-refractivity contribution in [2.75, 3.05) is 13.2 Å². The zero-order chi connectivity index (χ0) is 23.7. The molecule has 0 fully saturated rings. The zero-order valence-electron chi connectivity index (χ0n) is 20.7. The van der Waals surface area contributed by atoms with Crippen LogP contribution in [0.5, 0.6) is 5.75 Å². The minimum absolute atomic E-state index is 0.287. The molecular formula is C29H41NO3. The van der Waals surface area contributed by atoms with Crippen molar-refractivity contribution in [2.24, 2.45) is 10.9 Å². The molecule has 0 aliphatic heterocycles. The molecule has 1 atom stereocenters. The van der Waals surface area contributed by atoms with Gasteiger partial charge in [-0.3, -0.25) is 4.99 Å². The Morgan fingerprint density at radius 2 is 1.58 bits per heavy atom. The lowest BCUT2D eigenvalue weighted by Crippen LogP contribution is -2.11. The van der Waals surface area contributed by atoms with Crippen molar-refractivity contribution in [3.63, 3.8) is 0 Å². The van der Waals surface area contributed by atoms with Gasteiger partial charge in [0.05, 0.1) is 24.5 Å². The van der Waals surface area contributed by atoms with E-state index in [1.165, 1.54) is 44.9 Å². The minimum Gasteiger partial charge on any atom is -0.493 e. The maximum atomic E-state index is 12.1. The first-order chi connectivity index (χ1) is 16.1. The van der Waals surface area contributed by atoms with E-state index in [2.05, 4.69) is 25.8 Å². The Kier molecular flexibility index (Phi) is 13.0. The normalized spacial score (nSPS) is 12.1. The number of benzene rings is 2. The van der Waals surface area contributed by atoms with Crippen molar-refractivity contribution in [2.45, 2.75) is 78.6 Å². The predicted molar refractivity (Wildman–Crippen MR) is 138 cm³/mol. The molecule has 0 aliphatic carbocycles. The monoisotopic (exact) mass is 451 g/mol. The quantitative estimate of drug-likeness (QED) is 0.147. The smallest absolute Gasteiger partial charge is 0.338 e. The van der Waals surface area contributed by atoms with Gasteiger partial charge in [0, 0.05) is 11.8 Å². The molecule has 4 nitrogen and oxygen atoms in total. The molecule has 0 aliphatic rings. The SMILES string of the molecule is CCCCCCCCCCOc1ccccc1C=Nc1ccc(C(=O)OC[C@@H](C)CC)cc1. The first-order valence-corrected chi connectivity index (χ1v) is 12.7. The van der Waals surface area contributed by atoms with E-state index in [4.69, 9.17) is 9.47 Å². The summed E-state index contributed by atoms with van der Waals surface area (Å²) in [7, 11) is 0. The van der Waals surface area contributed by atoms with Gasteiger partial charge in [-0.2, -0.15) is 0 Å². The average Bonchev–Trinajstić information content (AvgIpc) is 2.85. The van der Waals surface area contributed by atoms with Gasteiger partial charge >= 0.3 is 5.97 Å². The van der Waals surface area contributed by atoms with Crippen molar-refractivity contribution < 1.29 is 14.3 Å². The van der Waals surface area contributed by atoms with Crippen LogP contribution in [-0.2, 0) is 4.74 Å². The van der Waals surface area contributed by atoms with Crippen molar-refractivity contribution in [1.82, 2.24) is 0 Å². The highest BCUT2D eigenvalue weighted by atomic mass is 16.5. The van der Waals surface area contributed by atoms with Crippen molar-refractivity contribution in [1.29, 1.82) is 0 Å². The largest absolute Gasteiger partial charge is 0.493 e. The number of hydrogen-bond acceptors (Lipinski definition) is 4. The summed E-state index contributed by atoms with van der Waals surface area (Å²) in [5.74, 6) is 0.940. The number of unbranched alkanes of at least 4 members (excludes halogenated alkanes) is 7. The van der Waals surface area contributed by atoms with Crippen LogP contribution in [0.15, 0.2) is 53.5 Å². The van der Waals surface area contributed by atoms with Crippen molar-refractivity contribution >= 4 is 17.9 Å². The summed E-state index contributed by atoms with van der Waals surface area (Å²) in [6, 6.07) is 15.2. The third-order valence-corrected chi connectivity index (χ3v) is 5.83. The van der Waals surface area contributed by atoms with Crippen LogP contribution >= 0.6 is 0 Å². The molecule has 2 aromatic carbocycles. The Labute approximate surface area is 200 Å². The number of hydrogen-bond donors (Lipinski definition) is 0. The van der Waals surface area contributed by atoms with E-state index in [1.807, 2.05) is 42.6 Å². The maximum Gasteiger partial charge on any atom is 0.338 e. The third kappa shape index (κ3) is 10.7. The van der Waals surface area contributed by atoms with Crippen molar-refractivity contribution in [3.05, 3.63) is 59.7 Å². The zero-order valence-corrected chi connectivity index (χ0v) is 20.7. The standard InChI is InChI=1S/C29H41NO3/c1-4-6-7-8-9-10-11-14-21-32-28-16-13-12-15-26(28)22-30-27-19-17-25(18-20-27)29(31)33-23-24(3)5-2/h12-13,15-20,22,24H,4-11,14,21,23H2,1-3H3/t24-/m0/s1. The van der Waals surface area contributed by atoms with E-state index in [0.29, 0.717) is 18.1 Å². The molecule has 0 aromatic heterocycles. The second-order valence-electron chi connectivity index (χ2n) is 8.78. The van der Waals surface area contributed by atoms with Crippen LogP contribution in [0.25, 0.3) is 0 Å². The molecule has 0 unspecified atom stereocenters. The number of para-hydroxylation sites is 1. The molecule has 0 saturated heterocycles. The van der Waals surface area contributed by atoms with Crippen LogP contribution < -0.4 is 4.74 Å². The lowest BCUT2D eigenvalue weighted by molar-refractivity contribution is 0.0447. The molecule has 33 heavy (non-hydrogen) atoms. The predicted octanol–water partition coefficient (Wildman–Crippen LogP) is 8.16. The van der Waals surface area contributed by atoms with E-state index in [1.54, 1.807) is 12.1 Å². The van der Waals surface area contributed by atoms with Gasteiger partial charge in [0.2, 0.25) is 0 Å². The van der Waals surface area contributed by atoms with Gasteiger partial charge in [-0.25, -0.2) is 4.79 Å². The highest BCUT2D eigenvalue weighted by molar-refractivity contribution is 5.90. The Bertz CT molecular complexity index is 829. The number of carbonyl (C=O) groups is 1. The van der Waals surface area contributed by atoms with E-state index in [9.17, 15) is 4.79 Å². The molecule has 2 rings (SSSR count). The molecule has 0 spiro atoms. The Morgan fingerprint density at radius 3 is 2.27 bits per heavy atom. The Hall–Kier alpha value is -2.62. The third-order valence-electron chi connectivity index (χ3n) is 5.83. The number of rotatable bonds is 16. The van der Waals surface area contributed by atoms with Gasteiger partial charge in [0.25, 0.3) is 0 Å². The van der Waals surface area contributed by atoms with Crippen molar-refractivity contribution in [3.8, 4) is 5.75 Å². The fourth-order valence-corrected chi connectivity index (χ4v) is 3.38. The molecule has 2 aromatic rings. The lowest BCUT2D eigenvalue weighted by atomic mass is 10.1. The molecule has 0 bridgehead atoms. The van der Waals surface area contributed by atoms with Gasteiger partial charge in [0.1, 0.15) is 5.75 Å². The Balaban J connectivity index is 1.80. The molecular weight excluding hydrogens is 410 g/mol. The number of nitrogens with zero attached hydrogens (tertiary/aromatic N) is 1. The second-order valence-corrected chi connectivity index (χ2v) is 8.78. The van der Waals surface area contributed by atoms with E-state index in [0.717, 1.165) is 36.4 Å². The summed E-state index contributed by atoms with van der Waals surface area (Å²) in [5, 5.41) is 0. The Morgan fingerprint density at radius 1 is 0.909 bits per heavy atom. The van der Waals surface area contributed by atoms with Crippen LogP contribution in [0.4, 0.5) is 5.69 Å². The first-order valence-electron chi connectivity index (χ1n) is 12.7. The number of carbonyl (C=O) groups excluding carboxylic acids is 1. The highest BCUT2D eigenvalue weighted by Gasteiger charge is 2.09. The van der Waals surface area contributed by atoms with Gasteiger partial charge in [-0.15, -0.1) is 0 Å². The topological polar surface area (TPSA) is 47.9 Å². The van der Waals surface area contributed by atoms with Crippen LogP contribution in [0, 0.1) is 5.92 Å². The van der Waals surface area contributed by atoms with Gasteiger partial charge < -0.3 is 9.47 Å². The summed E-state index contributed by atoms with van der Waals surface area (Å²) >= 11 is 0. The van der Waals surface area contributed by atoms with Gasteiger partial charge in [0.15, 0.2) is 0 Å². The summed E-state index contributed by atoms with van der Waals surface area (Å²) in [6.45, 7) is 7.59. The van der Waals surface area contributed by atoms with E-state index in [-0.39, 0.29) is 5.97 Å². The lowest BCUT2D eigenvalue weighted by Gasteiger charge is -2.09. The fraction of sp³-hybridized carbons (Fsp3) is 0.517.